The van der Waals surface area contributed by atoms with Crippen molar-refractivity contribution in [1.29, 1.82) is 0 Å². The number of hydrogen-bond donors (Lipinski definition) is 1. The first-order valence-electron chi connectivity index (χ1n) is 7.92. The van der Waals surface area contributed by atoms with E-state index in [1.165, 1.54) is 0 Å². The number of nitrogens with one attached hydrogen (secondary N) is 1. The Kier molecular flexibility index (Phi) is 6.26. The Bertz CT molecular complexity index is 547. The first-order chi connectivity index (χ1) is 11.1. The average Bonchev–Trinajstić information content (AvgIpc) is 2.73. The lowest BCUT2D eigenvalue weighted by atomic mass is 10.1. The zero-order chi connectivity index (χ0) is 16.7. The fraction of sp³-hybridized carbons (Fsp3) is 0.529. The maximum atomic E-state index is 12.3. The molecule has 6 heteroatoms. The Morgan fingerprint density at radius 3 is 2.78 bits per heavy atom. The Hall–Kier alpha value is -2.24. The highest BCUT2D eigenvalue weighted by Gasteiger charge is 2.28. The van der Waals surface area contributed by atoms with Crippen molar-refractivity contribution in [2.75, 3.05) is 27.3 Å². The molecule has 1 aliphatic rings. The van der Waals surface area contributed by atoms with Crippen molar-refractivity contribution in [3.63, 3.8) is 0 Å². The van der Waals surface area contributed by atoms with E-state index >= 15 is 0 Å². The summed E-state index contributed by atoms with van der Waals surface area (Å²) in [5.74, 6) is 1.22. The van der Waals surface area contributed by atoms with Crippen LogP contribution < -0.4 is 14.8 Å². The molecule has 2 rings (SSSR count). The second-order valence-electron chi connectivity index (χ2n) is 5.56. The molecular formula is C17H24N2O4. The van der Waals surface area contributed by atoms with Crippen LogP contribution in [0.15, 0.2) is 24.3 Å². The molecule has 0 aromatic heterocycles. The lowest BCUT2D eigenvalue weighted by Gasteiger charge is -2.25. The van der Waals surface area contributed by atoms with Crippen LogP contribution in [0.25, 0.3) is 0 Å². The van der Waals surface area contributed by atoms with Crippen molar-refractivity contribution in [1.82, 2.24) is 10.2 Å². The fourth-order valence-electron chi connectivity index (χ4n) is 2.66. The van der Waals surface area contributed by atoms with Crippen LogP contribution >= 0.6 is 0 Å². The van der Waals surface area contributed by atoms with E-state index in [9.17, 15) is 9.59 Å². The van der Waals surface area contributed by atoms with Gasteiger partial charge in [0.15, 0.2) is 11.5 Å². The molecule has 0 aliphatic carbocycles. The minimum absolute atomic E-state index is 0.0351. The van der Waals surface area contributed by atoms with Crippen LogP contribution in [0.4, 0.5) is 0 Å². The van der Waals surface area contributed by atoms with Gasteiger partial charge in [0.25, 0.3) is 0 Å². The molecule has 1 atom stereocenters. The summed E-state index contributed by atoms with van der Waals surface area (Å²) in [5.41, 5.74) is 0. The molecule has 1 aromatic rings. The minimum Gasteiger partial charge on any atom is -0.493 e. The van der Waals surface area contributed by atoms with Gasteiger partial charge in [-0.25, -0.2) is 0 Å². The molecule has 1 heterocycles. The van der Waals surface area contributed by atoms with Crippen molar-refractivity contribution in [2.45, 2.75) is 31.7 Å². The first kappa shape index (κ1) is 17.1. The smallest absolute Gasteiger partial charge is 0.242 e. The highest BCUT2D eigenvalue weighted by atomic mass is 16.5. The average molecular weight is 320 g/mol. The Labute approximate surface area is 136 Å². The number of hydrogen-bond acceptors (Lipinski definition) is 4. The van der Waals surface area contributed by atoms with E-state index in [2.05, 4.69) is 5.32 Å². The van der Waals surface area contributed by atoms with Gasteiger partial charge in [-0.1, -0.05) is 18.6 Å². The summed E-state index contributed by atoms with van der Waals surface area (Å²) in [5, 5.41) is 2.84. The summed E-state index contributed by atoms with van der Waals surface area (Å²) in [6.07, 6.45) is 2.98. The normalized spacial score (nSPS) is 18.3. The lowest BCUT2D eigenvalue weighted by Crippen LogP contribution is -2.47. The van der Waals surface area contributed by atoms with Crippen LogP contribution in [0.1, 0.15) is 25.7 Å². The van der Waals surface area contributed by atoms with Crippen LogP contribution in [0.5, 0.6) is 11.5 Å². The maximum absolute atomic E-state index is 12.3. The van der Waals surface area contributed by atoms with E-state index in [0.29, 0.717) is 37.5 Å². The standard InChI is InChI=1S/C17H24N2O4/c1-19-13(7-3-6-10-16(19)20)17(21)18-11-12-23-15-9-5-4-8-14(15)22-2/h4-5,8-9,13H,3,6-7,10-12H2,1-2H3,(H,18,21). The number of nitrogens with zero attached hydrogens (tertiary/aromatic N) is 1. The third kappa shape index (κ3) is 4.61. The number of amides is 2. The van der Waals surface area contributed by atoms with E-state index < -0.39 is 0 Å². The molecule has 1 saturated heterocycles. The maximum Gasteiger partial charge on any atom is 0.242 e. The van der Waals surface area contributed by atoms with Crippen molar-refractivity contribution >= 4 is 11.8 Å². The zero-order valence-electron chi connectivity index (χ0n) is 13.7. The van der Waals surface area contributed by atoms with Gasteiger partial charge in [-0.2, -0.15) is 0 Å². The number of benzene rings is 1. The van der Waals surface area contributed by atoms with Gasteiger partial charge in [0.1, 0.15) is 12.6 Å². The molecule has 0 radical (unpaired) electrons. The number of ether oxygens (including phenoxy) is 2. The fourth-order valence-corrected chi connectivity index (χ4v) is 2.66. The van der Waals surface area contributed by atoms with E-state index in [4.69, 9.17) is 9.47 Å². The number of para-hydroxylation sites is 2. The van der Waals surface area contributed by atoms with Crippen LogP contribution in [0.3, 0.4) is 0 Å². The Balaban J connectivity index is 1.79. The van der Waals surface area contributed by atoms with Crippen molar-refractivity contribution in [3.8, 4) is 11.5 Å². The number of methoxy groups -OCH3 is 1. The predicted octanol–water partition coefficient (Wildman–Crippen LogP) is 1.59. The summed E-state index contributed by atoms with van der Waals surface area (Å²) < 4.78 is 10.8. The van der Waals surface area contributed by atoms with Crippen molar-refractivity contribution < 1.29 is 19.1 Å². The monoisotopic (exact) mass is 320 g/mol. The number of likely N-dealkylation sites (N-methyl/N-ethyl adjacent to an activating group) is 1. The van der Waals surface area contributed by atoms with Crippen LogP contribution in [-0.4, -0.2) is 50.1 Å². The van der Waals surface area contributed by atoms with Gasteiger partial charge in [0.2, 0.25) is 11.8 Å². The minimum atomic E-state index is -0.378. The molecule has 1 aromatic carbocycles. The van der Waals surface area contributed by atoms with Gasteiger partial charge in [0, 0.05) is 13.5 Å². The number of carbonyl (C=O) groups is 2. The number of carbonyl (C=O) groups excluding carboxylic acids is 2. The van der Waals surface area contributed by atoms with Crippen LogP contribution in [0.2, 0.25) is 0 Å². The Morgan fingerprint density at radius 1 is 1.30 bits per heavy atom. The third-order valence-electron chi connectivity index (χ3n) is 4.01. The SMILES string of the molecule is COc1ccccc1OCCNC(=O)C1CCCCC(=O)N1C. The van der Waals surface area contributed by atoms with Gasteiger partial charge >= 0.3 is 0 Å². The molecule has 126 valence electrons. The molecule has 1 fully saturated rings. The van der Waals surface area contributed by atoms with Crippen LogP contribution in [0, 0.1) is 0 Å². The molecular weight excluding hydrogens is 296 g/mol. The van der Waals surface area contributed by atoms with Crippen molar-refractivity contribution in [2.24, 2.45) is 0 Å². The molecule has 0 spiro atoms. The summed E-state index contributed by atoms with van der Waals surface area (Å²) in [6.45, 7) is 0.728. The zero-order valence-corrected chi connectivity index (χ0v) is 13.7. The van der Waals surface area contributed by atoms with Gasteiger partial charge in [-0.15, -0.1) is 0 Å². The highest BCUT2D eigenvalue weighted by molar-refractivity contribution is 5.87. The van der Waals surface area contributed by atoms with Gasteiger partial charge in [0.05, 0.1) is 13.7 Å². The molecule has 1 N–H and O–H groups in total. The molecule has 1 unspecified atom stereocenters. The largest absolute Gasteiger partial charge is 0.493 e. The Morgan fingerprint density at radius 2 is 2.04 bits per heavy atom. The summed E-state index contributed by atoms with van der Waals surface area (Å²) >= 11 is 0. The second kappa shape index (κ2) is 8.41. The van der Waals surface area contributed by atoms with Gasteiger partial charge in [-0.3, -0.25) is 9.59 Å². The highest BCUT2D eigenvalue weighted by Crippen LogP contribution is 2.25. The molecule has 0 saturated carbocycles. The first-order valence-corrected chi connectivity index (χ1v) is 7.92. The van der Waals surface area contributed by atoms with Crippen LogP contribution in [-0.2, 0) is 9.59 Å². The topological polar surface area (TPSA) is 67.9 Å². The lowest BCUT2D eigenvalue weighted by molar-refractivity contribution is -0.138. The number of likely N-dealkylation sites (tertiary alicyclic amines) is 1. The second-order valence-corrected chi connectivity index (χ2v) is 5.56. The molecule has 1 aliphatic heterocycles. The molecule has 23 heavy (non-hydrogen) atoms. The molecule has 6 nitrogen and oxygen atoms in total. The van der Waals surface area contributed by atoms with Crippen molar-refractivity contribution in [3.05, 3.63) is 24.3 Å². The van der Waals surface area contributed by atoms with Gasteiger partial charge in [-0.05, 0) is 25.0 Å². The number of rotatable bonds is 6. The summed E-state index contributed by atoms with van der Waals surface area (Å²) in [6, 6.07) is 6.99. The van der Waals surface area contributed by atoms with E-state index in [0.717, 1.165) is 12.8 Å². The summed E-state index contributed by atoms with van der Waals surface area (Å²) in [4.78, 5) is 25.6. The van der Waals surface area contributed by atoms with E-state index in [1.54, 1.807) is 19.1 Å². The van der Waals surface area contributed by atoms with E-state index in [-0.39, 0.29) is 17.9 Å². The summed E-state index contributed by atoms with van der Waals surface area (Å²) in [7, 11) is 3.28. The van der Waals surface area contributed by atoms with Gasteiger partial charge < -0.3 is 19.7 Å². The predicted molar refractivity (Wildman–Crippen MR) is 86.5 cm³/mol. The molecule has 0 bridgehead atoms. The molecule has 2 amide bonds. The third-order valence-corrected chi connectivity index (χ3v) is 4.01. The quantitative estimate of drug-likeness (QED) is 0.808. The van der Waals surface area contributed by atoms with E-state index in [1.807, 2.05) is 24.3 Å².